The van der Waals surface area contributed by atoms with Crippen LogP contribution in [0.1, 0.15) is 22.9 Å². The normalized spacial score (nSPS) is 12.4. The highest BCUT2D eigenvalue weighted by atomic mass is 19.1. The summed E-state index contributed by atoms with van der Waals surface area (Å²) in [5.74, 6) is -0.312. The first-order chi connectivity index (χ1) is 8.22. The van der Waals surface area contributed by atoms with Crippen LogP contribution >= 0.6 is 0 Å². The van der Waals surface area contributed by atoms with E-state index >= 15 is 0 Å². The molecule has 2 aromatic rings. The monoisotopic (exact) mass is 230 g/mol. The lowest BCUT2D eigenvalue weighted by Gasteiger charge is -2.18. The smallest absolute Gasteiger partial charge is 0.141 e. The van der Waals surface area contributed by atoms with E-state index in [1.165, 1.54) is 17.8 Å². The van der Waals surface area contributed by atoms with E-state index in [0.29, 0.717) is 0 Å². The zero-order valence-electron chi connectivity index (χ0n) is 9.94. The van der Waals surface area contributed by atoms with Gasteiger partial charge in [-0.05, 0) is 37.2 Å². The summed E-state index contributed by atoms with van der Waals surface area (Å²) in [5.41, 5.74) is 3.18. The van der Waals surface area contributed by atoms with Gasteiger partial charge in [0.25, 0.3) is 0 Å². The Kier molecular flexibility index (Phi) is 3.49. The first-order valence-corrected chi connectivity index (χ1v) is 5.56. The minimum absolute atomic E-state index is 0.00296. The second kappa shape index (κ2) is 5.06. The van der Waals surface area contributed by atoms with Crippen LogP contribution in [-0.2, 0) is 0 Å². The van der Waals surface area contributed by atoms with Crippen LogP contribution in [0.4, 0.5) is 4.39 Å². The second-order valence-corrected chi connectivity index (χ2v) is 3.98. The van der Waals surface area contributed by atoms with Gasteiger partial charge < -0.3 is 5.32 Å². The van der Waals surface area contributed by atoms with E-state index < -0.39 is 0 Å². The molecule has 88 valence electrons. The molecule has 1 N–H and O–H groups in total. The Balaban J connectivity index is 2.40. The number of hydrogen-bond acceptors (Lipinski definition) is 2. The first kappa shape index (κ1) is 11.7. The van der Waals surface area contributed by atoms with Crippen molar-refractivity contribution < 1.29 is 4.39 Å². The highest BCUT2D eigenvalue weighted by Gasteiger charge is 2.14. The fourth-order valence-electron chi connectivity index (χ4n) is 1.93. The maximum atomic E-state index is 12.9. The van der Waals surface area contributed by atoms with Gasteiger partial charge in [0.05, 0.1) is 17.9 Å². The van der Waals surface area contributed by atoms with E-state index in [4.69, 9.17) is 0 Å². The van der Waals surface area contributed by atoms with Gasteiger partial charge >= 0.3 is 0 Å². The van der Waals surface area contributed by atoms with Crippen LogP contribution in [0.2, 0.25) is 0 Å². The molecular formula is C14H15FN2. The lowest BCUT2D eigenvalue weighted by molar-refractivity contribution is 0.609. The van der Waals surface area contributed by atoms with Crippen molar-refractivity contribution in [2.45, 2.75) is 13.0 Å². The standard InChI is InChI=1S/C14H15FN2/c1-10-5-3-4-6-12(10)14(16-2)13-8-7-11(15)9-17-13/h3-9,14,16H,1-2H3. The van der Waals surface area contributed by atoms with Gasteiger partial charge in [-0.1, -0.05) is 24.3 Å². The van der Waals surface area contributed by atoms with Gasteiger partial charge in [0.1, 0.15) is 5.82 Å². The average molecular weight is 230 g/mol. The third-order valence-electron chi connectivity index (χ3n) is 2.83. The van der Waals surface area contributed by atoms with E-state index in [1.54, 1.807) is 6.07 Å². The summed E-state index contributed by atoms with van der Waals surface area (Å²) in [4.78, 5) is 4.13. The Morgan fingerprint density at radius 2 is 1.94 bits per heavy atom. The van der Waals surface area contributed by atoms with Crippen LogP contribution in [0.25, 0.3) is 0 Å². The summed E-state index contributed by atoms with van der Waals surface area (Å²) in [6.45, 7) is 2.06. The van der Waals surface area contributed by atoms with E-state index in [9.17, 15) is 4.39 Å². The van der Waals surface area contributed by atoms with Crippen LogP contribution in [-0.4, -0.2) is 12.0 Å². The molecule has 0 saturated heterocycles. The van der Waals surface area contributed by atoms with E-state index in [0.717, 1.165) is 11.3 Å². The highest BCUT2D eigenvalue weighted by Crippen LogP contribution is 2.22. The zero-order chi connectivity index (χ0) is 12.3. The van der Waals surface area contributed by atoms with Gasteiger partial charge in [0, 0.05) is 0 Å². The van der Waals surface area contributed by atoms with Crippen molar-refractivity contribution in [1.29, 1.82) is 0 Å². The fourth-order valence-corrected chi connectivity index (χ4v) is 1.93. The maximum Gasteiger partial charge on any atom is 0.141 e. The summed E-state index contributed by atoms with van der Waals surface area (Å²) in [6.07, 6.45) is 1.25. The largest absolute Gasteiger partial charge is 0.308 e. The lowest BCUT2D eigenvalue weighted by atomic mass is 9.98. The van der Waals surface area contributed by atoms with Crippen molar-refractivity contribution in [3.05, 3.63) is 65.2 Å². The molecule has 0 fully saturated rings. The van der Waals surface area contributed by atoms with Crippen LogP contribution in [0, 0.1) is 12.7 Å². The van der Waals surface area contributed by atoms with Gasteiger partial charge in [0.2, 0.25) is 0 Å². The fraction of sp³-hybridized carbons (Fsp3) is 0.214. The number of hydrogen-bond donors (Lipinski definition) is 1. The molecule has 0 amide bonds. The SMILES string of the molecule is CNC(c1ccc(F)cn1)c1ccccc1C. The van der Waals surface area contributed by atoms with Gasteiger partial charge in [-0.25, -0.2) is 4.39 Å². The molecule has 0 aliphatic heterocycles. The molecular weight excluding hydrogens is 215 g/mol. The summed E-state index contributed by atoms with van der Waals surface area (Å²) in [6, 6.07) is 11.3. The quantitative estimate of drug-likeness (QED) is 0.877. The summed E-state index contributed by atoms with van der Waals surface area (Å²) < 4.78 is 12.9. The van der Waals surface area contributed by atoms with Crippen LogP contribution in [0.3, 0.4) is 0 Å². The number of pyridine rings is 1. The average Bonchev–Trinajstić information content (AvgIpc) is 2.35. The van der Waals surface area contributed by atoms with Crippen LogP contribution in [0.15, 0.2) is 42.6 Å². The maximum absolute atomic E-state index is 12.9. The Morgan fingerprint density at radius 3 is 2.53 bits per heavy atom. The Bertz CT molecular complexity index is 494. The number of aryl methyl sites for hydroxylation is 1. The second-order valence-electron chi connectivity index (χ2n) is 3.98. The number of nitrogens with one attached hydrogen (secondary N) is 1. The van der Waals surface area contributed by atoms with Crippen molar-refractivity contribution in [2.75, 3.05) is 7.05 Å². The molecule has 1 unspecified atom stereocenters. The molecule has 17 heavy (non-hydrogen) atoms. The molecule has 1 aromatic carbocycles. The topological polar surface area (TPSA) is 24.9 Å². The Labute approximate surface area is 101 Å². The highest BCUT2D eigenvalue weighted by molar-refractivity contribution is 5.34. The van der Waals surface area contributed by atoms with Crippen LogP contribution < -0.4 is 5.32 Å². The molecule has 1 atom stereocenters. The van der Waals surface area contributed by atoms with Crippen molar-refractivity contribution in [2.24, 2.45) is 0 Å². The Hall–Kier alpha value is -1.74. The zero-order valence-corrected chi connectivity index (χ0v) is 9.94. The van der Waals surface area contributed by atoms with Crippen molar-refractivity contribution in [3.8, 4) is 0 Å². The van der Waals surface area contributed by atoms with Gasteiger partial charge in [-0.3, -0.25) is 4.98 Å². The first-order valence-electron chi connectivity index (χ1n) is 5.56. The predicted molar refractivity (Wildman–Crippen MR) is 66.3 cm³/mol. The van der Waals surface area contributed by atoms with Crippen molar-refractivity contribution in [3.63, 3.8) is 0 Å². The molecule has 0 bridgehead atoms. The molecule has 0 aliphatic rings. The molecule has 2 rings (SSSR count). The molecule has 0 saturated carbocycles. The van der Waals surface area contributed by atoms with E-state index in [1.807, 2.05) is 19.2 Å². The minimum atomic E-state index is -0.312. The van der Waals surface area contributed by atoms with Gasteiger partial charge in [0.15, 0.2) is 0 Å². The molecule has 1 aromatic heterocycles. The minimum Gasteiger partial charge on any atom is -0.308 e. The number of nitrogens with zero attached hydrogens (tertiary/aromatic N) is 1. The summed E-state index contributed by atoms with van der Waals surface area (Å²) in [7, 11) is 1.88. The summed E-state index contributed by atoms with van der Waals surface area (Å²) in [5, 5.41) is 3.21. The van der Waals surface area contributed by atoms with Crippen molar-refractivity contribution >= 4 is 0 Å². The molecule has 3 heteroatoms. The molecule has 0 aliphatic carbocycles. The summed E-state index contributed by atoms with van der Waals surface area (Å²) >= 11 is 0. The van der Waals surface area contributed by atoms with Gasteiger partial charge in [-0.2, -0.15) is 0 Å². The van der Waals surface area contributed by atoms with Crippen LogP contribution in [0.5, 0.6) is 0 Å². The number of rotatable bonds is 3. The number of aromatic nitrogens is 1. The predicted octanol–water partition coefficient (Wildman–Crippen LogP) is 2.84. The van der Waals surface area contributed by atoms with Gasteiger partial charge in [-0.15, -0.1) is 0 Å². The molecule has 0 radical (unpaired) electrons. The third-order valence-corrected chi connectivity index (χ3v) is 2.83. The lowest BCUT2D eigenvalue weighted by Crippen LogP contribution is -2.19. The Morgan fingerprint density at radius 1 is 1.18 bits per heavy atom. The number of benzene rings is 1. The van der Waals surface area contributed by atoms with Crippen molar-refractivity contribution in [1.82, 2.24) is 10.3 Å². The molecule has 0 spiro atoms. The molecule has 2 nitrogen and oxygen atoms in total. The van der Waals surface area contributed by atoms with E-state index in [-0.39, 0.29) is 11.9 Å². The number of halogens is 1. The van der Waals surface area contributed by atoms with E-state index in [2.05, 4.69) is 29.4 Å². The molecule has 1 heterocycles. The third kappa shape index (κ3) is 2.50.